The molecule has 2 fully saturated rings. The highest BCUT2D eigenvalue weighted by Gasteiger charge is 2.35. The molecule has 6 heteroatoms. The van der Waals surface area contributed by atoms with E-state index in [0.717, 1.165) is 54.9 Å². The number of halogens is 1. The molecule has 2 aromatic carbocycles. The maximum absolute atomic E-state index is 6.63. The summed E-state index contributed by atoms with van der Waals surface area (Å²) < 4.78 is 18.6. The Labute approximate surface area is 217 Å². The van der Waals surface area contributed by atoms with E-state index in [2.05, 4.69) is 63.6 Å². The van der Waals surface area contributed by atoms with Crippen molar-refractivity contribution in [2.24, 2.45) is 5.16 Å². The Morgan fingerprint density at radius 1 is 0.914 bits per heavy atom. The van der Waals surface area contributed by atoms with Crippen molar-refractivity contribution in [1.82, 2.24) is 0 Å². The number of rotatable bonds is 8. The molecule has 5 rings (SSSR count). The van der Waals surface area contributed by atoms with Crippen molar-refractivity contribution in [3.05, 3.63) is 59.7 Å². The third kappa shape index (κ3) is 5.86. The van der Waals surface area contributed by atoms with Gasteiger partial charge in [-0.2, -0.15) is 0 Å². The van der Waals surface area contributed by atoms with E-state index < -0.39 is 0 Å². The lowest BCUT2D eigenvalue weighted by Gasteiger charge is -2.36. The number of oxime groups is 1. The first-order valence-corrected chi connectivity index (χ1v) is 14.2. The molecular weight excluding hydrogens is 506 g/mol. The molecule has 0 N–H and O–H groups in total. The minimum Gasteiger partial charge on any atom is -0.493 e. The number of nitrogens with zero attached hydrogens (tertiary/aromatic N) is 1. The molecule has 0 spiro atoms. The first-order chi connectivity index (χ1) is 17.2. The lowest BCUT2D eigenvalue weighted by molar-refractivity contribution is -0.189. The summed E-state index contributed by atoms with van der Waals surface area (Å²) in [6.07, 6.45) is 10.1. The summed E-state index contributed by atoms with van der Waals surface area (Å²) in [4.78, 5) is 5.88. The van der Waals surface area contributed by atoms with Gasteiger partial charge < -0.3 is 19.0 Å². The van der Waals surface area contributed by atoms with Crippen LogP contribution in [0.15, 0.2) is 53.7 Å². The van der Waals surface area contributed by atoms with Gasteiger partial charge in [0.25, 0.3) is 0 Å². The molecule has 5 nitrogen and oxygen atoms in total. The van der Waals surface area contributed by atoms with Crippen LogP contribution in [0, 0.1) is 0 Å². The lowest BCUT2D eigenvalue weighted by atomic mass is 9.81. The Morgan fingerprint density at radius 2 is 1.69 bits per heavy atom. The van der Waals surface area contributed by atoms with Crippen LogP contribution >= 0.6 is 15.9 Å². The third-order valence-electron chi connectivity index (χ3n) is 7.70. The van der Waals surface area contributed by atoms with Gasteiger partial charge in [0.15, 0.2) is 11.5 Å². The molecule has 0 unspecified atom stereocenters. The molecule has 3 aliphatic rings. The monoisotopic (exact) mass is 541 g/mol. The number of benzene rings is 2. The minimum absolute atomic E-state index is 0.101. The molecule has 0 amide bonds. The second-order valence-corrected chi connectivity index (χ2v) is 10.5. The van der Waals surface area contributed by atoms with Gasteiger partial charge in [0.2, 0.25) is 6.29 Å². The van der Waals surface area contributed by atoms with Crippen molar-refractivity contribution in [2.75, 3.05) is 12.4 Å². The highest BCUT2D eigenvalue weighted by molar-refractivity contribution is 9.09. The standard InChI is InChI=1S/C29H36BrNO4/c1-32-27-16-15-21(17-28(27)33-22-11-5-6-12-22)24-18-29(35-31-25(24)19-30)34-26-14-8-7-13-23(26)20-9-3-2-4-10-20/h2-4,9-10,15-17,22-24,26,29H,5-8,11-14,18-19H2,1H3/t23-,24+,26+,29-/m1/s1. The van der Waals surface area contributed by atoms with Gasteiger partial charge in [0, 0.05) is 23.6 Å². The van der Waals surface area contributed by atoms with Crippen LogP contribution in [0.2, 0.25) is 0 Å². The van der Waals surface area contributed by atoms with Crippen LogP contribution in [0.4, 0.5) is 0 Å². The molecule has 188 valence electrons. The molecule has 2 aromatic rings. The summed E-state index contributed by atoms with van der Waals surface area (Å²) in [6.45, 7) is 0. The van der Waals surface area contributed by atoms with E-state index in [9.17, 15) is 0 Å². The fourth-order valence-corrected chi connectivity index (χ4v) is 6.31. The summed E-state index contributed by atoms with van der Waals surface area (Å²) in [6, 6.07) is 17.0. The molecule has 35 heavy (non-hydrogen) atoms. The SMILES string of the molecule is COc1ccc([C@@H]2C[C@H](O[C@H]3CCCC[C@@H]3c3ccccc3)ON=C2CBr)cc1OC1CCCC1. The van der Waals surface area contributed by atoms with Gasteiger partial charge in [-0.25, -0.2) is 0 Å². The van der Waals surface area contributed by atoms with Crippen molar-refractivity contribution in [2.45, 2.75) is 88.1 Å². The van der Waals surface area contributed by atoms with Gasteiger partial charge in [-0.15, -0.1) is 0 Å². The minimum atomic E-state index is -0.363. The zero-order chi connectivity index (χ0) is 24.0. The Hall–Kier alpha value is -2.05. The van der Waals surface area contributed by atoms with Gasteiger partial charge in [-0.05, 0) is 61.8 Å². The van der Waals surface area contributed by atoms with Crippen molar-refractivity contribution in [1.29, 1.82) is 0 Å². The molecule has 2 saturated carbocycles. The highest BCUT2D eigenvalue weighted by Crippen LogP contribution is 2.40. The number of alkyl halides is 1. The van der Waals surface area contributed by atoms with Gasteiger partial charge in [0.05, 0.1) is 25.0 Å². The molecule has 0 saturated heterocycles. The zero-order valence-electron chi connectivity index (χ0n) is 20.5. The summed E-state index contributed by atoms with van der Waals surface area (Å²) in [5.74, 6) is 2.11. The summed E-state index contributed by atoms with van der Waals surface area (Å²) in [7, 11) is 1.70. The Morgan fingerprint density at radius 3 is 2.46 bits per heavy atom. The van der Waals surface area contributed by atoms with E-state index in [-0.39, 0.29) is 24.4 Å². The van der Waals surface area contributed by atoms with E-state index in [0.29, 0.717) is 11.2 Å². The van der Waals surface area contributed by atoms with Gasteiger partial charge in [-0.1, -0.05) is 70.3 Å². The summed E-state index contributed by atoms with van der Waals surface area (Å²) in [5.41, 5.74) is 3.50. The molecule has 0 aromatic heterocycles. The van der Waals surface area contributed by atoms with Crippen LogP contribution in [0.25, 0.3) is 0 Å². The number of ether oxygens (including phenoxy) is 3. The van der Waals surface area contributed by atoms with Gasteiger partial charge in [-0.3, -0.25) is 0 Å². The average Bonchev–Trinajstić information content (AvgIpc) is 3.42. The molecule has 2 aliphatic carbocycles. The normalized spacial score (nSPS) is 27.2. The molecule has 1 heterocycles. The topological polar surface area (TPSA) is 49.3 Å². The highest BCUT2D eigenvalue weighted by atomic mass is 79.9. The van der Waals surface area contributed by atoms with E-state index in [1.54, 1.807) is 7.11 Å². The van der Waals surface area contributed by atoms with Crippen LogP contribution < -0.4 is 9.47 Å². The van der Waals surface area contributed by atoms with Crippen LogP contribution in [0.3, 0.4) is 0 Å². The van der Waals surface area contributed by atoms with E-state index in [1.165, 1.54) is 31.2 Å². The fourth-order valence-electron chi connectivity index (χ4n) is 5.81. The molecule has 4 atom stereocenters. The fraction of sp³-hybridized carbons (Fsp3) is 0.552. The Bertz CT molecular complexity index is 991. The zero-order valence-corrected chi connectivity index (χ0v) is 22.1. The number of hydrogen-bond acceptors (Lipinski definition) is 5. The second-order valence-electron chi connectivity index (χ2n) is 9.95. The lowest BCUT2D eigenvalue weighted by Crippen LogP contribution is -2.35. The predicted molar refractivity (Wildman–Crippen MR) is 142 cm³/mol. The second kappa shape index (κ2) is 11.8. The van der Waals surface area contributed by atoms with Crippen molar-refractivity contribution in [3.63, 3.8) is 0 Å². The maximum Gasteiger partial charge on any atom is 0.228 e. The first kappa shape index (κ1) is 24.6. The van der Waals surface area contributed by atoms with Gasteiger partial charge in [0.1, 0.15) is 0 Å². The smallest absolute Gasteiger partial charge is 0.228 e. The van der Waals surface area contributed by atoms with Gasteiger partial charge >= 0.3 is 0 Å². The van der Waals surface area contributed by atoms with Crippen molar-refractivity contribution < 1.29 is 19.0 Å². The maximum atomic E-state index is 6.63. The van der Waals surface area contributed by atoms with Crippen LogP contribution in [-0.4, -0.2) is 36.6 Å². The van der Waals surface area contributed by atoms with Crippen LogP contribution in [0.5, 0.6) is 11.5 Å². The van der Waals surface area contributed by atoms with Crippen molar-refractivity contribution in [3.8, 4) is 11.5 Å². The van der Waals surface area contributed by atoms with Crippen LogP contribution in [0.1, 0.15) is 80.8 Å². The quantitative estimate of drug-likeness (QED) is 0.328. The van der Waals surface area contributed by atoms with Crippen LogP contribution in [-0.2, 0) is 9.57 Å². The van der Waals surface area contributed by atoms with E-state index in [4.69, 9.17) is 19.0 Å². The number of hydrogen-bond donors (Lipinski definition) is 0. The Kier molecular flexibility index (Phi) is 8.30. The predicted octanol–water partition coefficient (Wildman–Crippen LogP) is 7.34. The first-order valence-electron chi connectivity index (χ1n) is 13.1. The van der Waals surface area contributed by atoms with Crippen molar-refractivity contribution >= 4 is 21.6 Å². The molecule has 0 radical (unpaired) electrons. The Balaban J connectivity index is 1.33. The average molecular weight is 543 g/mol. The molecule has 1 aliphatic heterocycles. The third-order valence-corrected chi connectivity index (χ3v) is 8.27. The number of methoxy groups -OCH3 is 1. The largest absolute Gasteiger partial charge is 0.493 e. The molecule has 0 bridgehead atoms. The van der Waals surface area contributed by atoms with E-state index in [1.807, 2.05) is 6.07 Å². The van der Waals surface area contributed by atoms with E-state index >= 15 is 0 Å². The summed E-state index contributed by atoms with van der Waals surface area (Å²) >= 11 is 3.62. The summed E-state index contributed by atoms with van der Waals surface area (Å²) in [5, 5.41) is 5.16. The molecular formula is C29H36BrNO4.